The van der Waals surface area contributed by atoms with E-state index in [0.29, 0.717) is 12.4 Å². The van der Waals surface area contributed by atoms with E-state index in [4.69, 9.17) is 4.74 Å². The molecule has 0 aliphatic carbocycles. The molecule has 0 aliphatic heterocycles. The van der Waals surface area contributed by atoms with Crippen LogP contribution in [-0.2, 0) is 12.0 Å². The van der Waals surface area contributed by atoms with Crippen molar-refractivity contribution in [1.29, 1.82) is 0 Å². The van der Waals surface area contributed by atoms with Gasteiger partial charge >= 0.3 is 0 Å². The minimum atomic E-state index is 0. The molecule has 0 amide bonds. The number of hydrogen-bond donors (Lipinski definition) is 2. The standard InChI is InChI=1S/C17H24N4OS.HI/c1-17(2,14-8-6-10-23-14)12-21-16(18-3)20-11-13-7-5-9-19-15(13)22-4;/h5-10H,11-12H2,1-4H3,(H2,18,20,21);1H. The van der Waals surface area contributed by atoms with Crippen LogP contribution in [0.5, 0.6) is 5.88 Å². The molecule has 2 aromatic heterocycles. The number of nitrogens with zero attached hydrogens (tertiary/aromatic N) is 2. The SMILES string of the molecule is CN=C(NCc1cccnc1OC)NCC(C)(C)c1cccs1.I. The predicted octanol–water partition coefficient (Wildman–Crippen LogP) is 3.41. The summed E-state index contributed by atoms with van der Waals surface area (Å²) in [6, 6.07) is 8.14. The molecule has 2 rings (SSSR count). The van der Waals surface area contributed by atoms with E-state index in [1.807, 2.05) is 12.1 Å². The molecule has 7 heteroatoms. The molecule has 2 heterocycles. The van der Waals surface area contributed by atoms with Crippen molar-refractivity contribution < 1.29 is 4.74 Å². The zero-order valence-electron chi connectivity index (χ0n) is 14.5. The molecular formula is C17H25IN4OS. The maximum Gasteiger partial charge on any atom is 0.218 e. The lowest BCUT2D eigenvalue weighted by Gasteiger charge is -2.25. The zero-order chi connectivity index (χ0) is 16.7. The summed E-state index contributed by atoms with van der Waals surface area (Å²) in [4.78, 5) is 9.83. The third-order valence-electron chi connectivity index (χ3n) is 3.60. The highest BCUT2D eigenvalue weighted by Crippen LogP contribution is 2.26. The number of aliphatic imine (C=N–C) groups is 1. The molecule has 0 fully saturated rings. The molecule has 132 valence electrons. The molecule has 5 nitrogen and oxygen atoms in total. The van der Waals surface area contributed by atoms with Gasteiger partial charge in [-0.05, 0) is 17.5 Å². The van der Waals surface area contributed by atoms with Gasteiger partial charge in [-0.1, -0.05) is 26.0 Å². The molecule has 0 saturated heterocycles. The van der Waals surface area contributed by atoms with E-state index >= 15 is 0 Å². The van der Waals surface area contributed by atoms with E-state index in [-0.39, 0.29) is 29.4 Å². The number of aromatic nitrogens is 1. The van der Waals surface area contributed by atoms with Crippen LogP contribution in [-0.4, -0.2) is 31.6 Å². The van der Waals surface area contributed by atoms with E-state index in [1.54, 1.807) is 31.7 Å². The highest BCUT2D eigenvalue weighted by atomic mass is 127. The van der Waals surface area contributed by atoms with Crippen LogP contribution in [0.25, 0.3) is 0 Å². The van der Waals surface area contributed by atoms with Crippen LogP contribution >= 0.6 is 35.3 Å². The Morgan fingerprint density at radius 3 is 2.71 bits per heavy atom. The number of pyridine rings is 1. The van der Waals surface area contributed by atoms with Crippen LogP contribution in [0.4, 0.5) is 0 Å². The van der Waals surface area contributed by atoms with E-state index in [2.05, 4.69) is 52.0 Å². The summed E-state index contributed by atoms with van der Waals surface area (Å²) < 4.78 is 5.26. The summed E-state index contributed by atoms with van der Waals surface area (Å²) in [6.45, 7) is 5.86. The number of hydrogen-bond acceptors (Lipinski definition) is 4. The van der Waals surface area contributed by atoms with Crippen molar-refractivity contribution in [2.45, 2.75) is 25.8 Å². The van der Waals surface area contributed by atoms with E-state index in [9.17, 15) is 0 Å². The van der Waals surface area contributed by atoms with E-state index < -0.39 is 0 Å². The van der Waals surface area contributed by atoms with Gasteiger partial charge < -0.3 is 15.4 Å². The quantitative estimate of drug-likeness (QED) is 0.394. The second-order valence-corrected chi connectivity index (χ2v) is 6.76. The van der Waals surface area contributed by atoms with Crippen molar-refractivity contribution in [3.63, 3.8) is 0 Å². The molecule has 2 aromatic rings. The Morgan fingerprint density at radius 1 is 1.29 bits per heavy atom. The average molecular weight is 460 g/mol. The fourth-order valence-electron chi connectivity index (χ4n) is 2.20. The first-order chi connectivity index (χ1) is 11.1. The van der Waals surface area contributed by atoms with Crippen LogP contribution in [0.2, 0.25) is 0 Å². The molecule has 2 N–H and O–H groups in total. The molecule has 0 aromatic carbocycles. The molecular weight excluding hydrogens is 435 g/mol. The minimum Gasteiger partial charge on any atom is -0.481 e. The first-order valence-corrected chi connectivity index (χ1v) is 8.41. The summed E-state index contributed by atoms with van der Waals surface area (Å²) in [6.07, 6.45) is 1.72. The highest BCUT2D eigenvalue weighted by molar-refractivity contribution is 14.0. The van der Waals surface area contributed by atoms with Gasteiger partial charge in [-0.25, -0.2) is 4.98 Å². The third kappa shape index (κ3) is 5.62. The summed E-state index contributed by atoms with van der Waals surface area (Å²) in [5.74, 6) is 1.40. The van der Waals surface area contributed by atoms with Crippen molar-refractivity contribution in [3.8, 4) is 5.88 Å². The Balaban J connectivity index is 0.00000288. The van der Waals surface area contributed by atoms with Gasteiger partial charge in [0, 0.05) is 42.2 Å². The first-order valence-electron chi connectivity index (χ1n) is 7.53. The highest BCUT2D eigenvalue weighted by Gasteiger charge is 2.21. The van der Waals surface area contributed by atoms with E-state index in [1.165, 1.54) is 4.88 Å². The maximum atomic E-state index is 5.26. The van der Waals surface area contributed by atoms with Gasteiger partial charge in [-0.3, -0.25) is 4.99 Å². The van der Waals surface area contributed by atoms with Gasteiger partial charge in [0.15, 0.2) is 5.96 Å². The number of ether oxygens (including phenoxy) is 1. The van der Waals surface area contributed by atoms with Gasteiger partial charge in [-0.2, -0.15) is 0 Å². The van der Waals surface area contributed by atoms with Gasteiger partial charge in [-0.15, -0.1) is 35.3 Å². The summed E-state index contributed by atoms with van der Waals surface area (Å²) in [7, 11) is 3.40. The molecule has 24 heavy (non-hydrogen) atoms. The second kappa shape index (κ2) is 9.83. The summed E-state index contributed by atoms with van der Waals surface area (Å²) >= 11 is 1.78. The number of nitrogens with one attached hydrogen (secondary N) is 2. The predicted molar refractivity (Wildman–Crippen MR) is 112 cm³/mol. The Hall–Kier alpha value is -1.35. The number of rotatable bonds is 6. The van der Waals surface area contributed by atoms with Crippen molar-refractivity contribution in [2.24, 2.45) is 4.99 Å². The zero-order valence-corrected chi connectivity index (χ0v) is 17.6. The minimum absolute atomic E-state index is 0. The molecule has 0 bridgehead atoms. The molecule has 0 radical (unpaired) electrons. The van der Waals surface area contributed by atoms with Gasteiger partial charge in [0.2, 0.25) is 5.88 Å². The van der Waals surface area contributed by atoms with Crippen LogP contribution in [0.15, 0.2) is 40.8 Å². The smallest absolute Gasteiger partial charge is 0.218 e. The Kier molecular flexibility index (Phi) is 8.47. The largest absolute Gasteiger partial charge is 0.481 e. The molecule has 0 saturated carbocycles. The monoisotopic (exact) mass is 460 g/mol. The van der Waals surface area contributed by atoms with Crippen molar-refractivity contribution >= 4 is 41.3 Å². The molecule has 0 unspecified atom stereocenters. The first kappa shape index (κ1) is 20.7. The second-order valence-electron chi connectivity index (χ2n) is 5.81. The number of guanidine groups is 1. The summed E-state index contributed by atoms with van der Waals surface area (Å²) in [5.41, 5.74) is 1.05. The Labute approximate surface area is 165 Å². The number of halogens is 1. The van der Waals surface area contributed by atoms with Crippen molar-refractivity contribution in [3.05, 3.63) is 46.3 Å². The summed E-state index contributed by atoms with van der Waals surface area (Å²) in [5, 5.41) is 8.80. The van der Waals surface area contributed by atoms with Crippen LogP contribution < -0.4 is 15.4 Å². The lowest BCUT2D eigenvalue weighted by molar-refractivity contribution is 0.392. The number of methoxy groups -OCH3 is 1. The lowest BCUT2D eigenvalue weighted by atomic mass is 9.91. The molecule has 0 atom stereocenters. The van der Waals surface area contributed by atoms with Crippen LogP contribution in [0.3, 0.4) is 0 Å². The fourth-order valence-corrected chi connectivity index (χ4v) is 3.05. The van der Waals surface area contributed by atoms with Crippen LogP contribution in [0.1, 0.15) is 24.3 Å². The normalized spacial score (nSPS) is 11.6. The van der Waals surface area contributed by atoms with E-state index in [0.717, 1.165) is 18.1 Å². The maximum absolute atomic E-state index is 5.26. The van der Waals surface area contributed by atoms with Gasteiger partial charge in [0.05, 0.1) is 7.11 Å². The van der Waals surface area contributed by atoms with Crippen molar-refractivity contribution in [1.82, 2.24) is 15.6 Å². The fraction of sp³-hybridized carbons (Fsp3) is 0.412. The Morgan fingerprint density at radius 2 is 2.08 bits per heavy atom. The number of thiophene rings is 1. The van der Waals surface area contributed by atoms with Crippen molar-refractivity contribution in [2.75, 3.05) is 20.7 Å². The Bertz CT molecular complexity index is 644. The van der Waals surface area contributed by atoms with Crippen LogP contribution in [0, 0.1) is 0 Å². The topological polar surface area (TPSA) is 58.5 Å². The average Bonchev–Trinajstić information content (AvgIpc) is 3.10. The van der Waals surface area contributed by atoms with Gasteiger partial charge in [0.1, 0.15) is 0 Å². The van der Waals surface area contributed by atoms with Gasteiger partial charge in [0.25, 0.3) is 0 Å². The molecule has 0 spiro atoms. The lowest BCUT2D eigenvalue weighted by Crippen LogP contribution is -2.43. The third-order valence-corrected chi connectivity index (χ3v) is 4.84. The molecule has 0 aliphatic rings.